The molecule has 0 aromatic carbocycles. The molecule has 1 aromatic rings. The van der Waals surface area contributed by atoms with Crippen LogP contribution in [0, 0.1) is 18.8 Å². The maximum Gasteiger partial charge on any atom is 0.225 e. The lowest BCUT2D eigenvalue weighted by Crippen LogP contribution is -2.24. The van der Waals surface area contributed by atoms with Crippen LogP contribution in [0.4, 0.5) is 5.95 Å². The van der Waals surface area contributed by atoms with Gasteiger partial charge in [-0.2, -0.15) is 0 Å². The maximum absolute atomic E-state index is 4.62. The second kappa shape index (κ2) is 8.20. The molecule has 1 heterocycles. The van der Waals surface area contributed by atoms with Crippen LogP contribution in [0.15, 0.2) is 6.20 Å². The molecule has 0 aliphatic rings. The van der Waals surface area contributed by atoms with Crippen molar-refractivity contribution in [3.8, 4) is 0 Å². The lowest BCUT2D eigenvalue weighted by molar-refractivity contribution is 0.549. The van der Waals surface area contributed by atoms with Gasteiger partial charge in [0.25, 0.3) is 0 Å². The molecule has 20 heavy (non-hydrogen) atoms. The van der Waals surface area contributed by atoms with Gasteiger partial charge >= 0.3 is 0 Å². The summed E-state index contributed by atoms with van der Waals surface area (Å²) in [6, 6.07) is 0. The number of nitrogens with one attached hydrogen (secondary N) is 1. The lowest BCUT2D eigenvalue weighted by Gasteiger charge is -2.19. The monoisotopic (exact) mass is 278 g/mol. The van der Waals surface area contributed by atoms with Crippen molar-refractivity contribution in [2.24, 2.45) is 11.8 Å². The first-order valence-corrected chi connectivity index (χ1v) is 7.64. The zero-order chi connectivity index (χ0) is 15.1. The van der Waals surface area contributed by atoms with E-state index >= 15 is 0 Å². The highest BCUT2D eigenvalue weighted by molar-refractivity contribution is 5.31. The Labute approximate surface area is 124 Å². The first-order chi connectivity index (χ1) is 9.40. The van der Waals surface area contributed by atoms with Crippen LogP contribution < -0.4 is 10.2 Å². The van der Waals surface area contributed by atoms with Crippen molar-refractivity contribution in [3.63, 3.8) is 0 Å². The Balaban J connectivity index is 2.58. The predicted molar refractivity (Wildman–Crippen MR) is 86.0 cm³/mol. The van der Waals surface area contributed by atoms with Crippen LogP contribution >= 0.6 is 0 Å². The molecule has 0 saturated carbocycles. The molecule has 0 bridgehead atoms. The van der Waals surface area contributed by atoms with Gasteiger partial charge in [0, 0.05) is 37.6 Å². The number of aromatic nitrogens is 2. The molecule has 0 aliphatic heterocycles. The molecular formula is C16H30N4. The summed E-state index contributed by atoms with van der Waals surface area (Å²) >= 11 is 0. The average molecular weight is 278 g/mol. The molecule has 0 radical (unpaired) electrons. The van der Waals surface area contributed by atoms with Gasteiger partial charge in [0.1, 0.15) is 0 Å². The van der Waals surface area contributed by atoms with Crippen LogP contribution in [0.25, 0.3) is 0 Å². The molecule has 1 rings (SSSR count). The van der Waals surface area contributed by atoms with E-state index in [9.17, 15) is 0 Å². The van der Waals surface area contributed by atoms with Crippen molar-refractivity contribution in [1.29, 1.82) is 0 Å². The Hall–Kier alpha value is -1.16. The molecule has 0 amide bonds. The quantitative estimate of drug-likeness (QED) is 0.793. The zero-order valence-electron chi connectivity index (χ0n) is 13.9. The molecule has 4 nitrogen and oxygen atoms in total. The summed E-state index contributed by atoms with van der Waals surface area (Å²) in [5, 5.41) is 3.44. The molecule has 4 heteroatoms. The number of hydrogen-bond acceptors (Lipinski definition) is 4. The van der Waals surface area contributed by atoms with E-state index in [1.54, 1.807) is 0 Å². The number of aryl methyl sites for hydroxylation is 1. The third-order valence-electron chi connectivity index (χ3n) is 3.32. The Morgan fingerprint density at radius 3 is 2.45 bits per heavy atom. The van der Waals surface area contributed by atoms with Crippen molar-refractivity contribution in [1.82, 2.24) is 15.3 Å². The molecule has 0 spiro atoms. The normalized spacial score (nSPS) is 11.4. The fraction of sp³-hybridized carbons (Fsp3) is 0.750. The van der Waals surface area contributed by atoms with Crippen molar-refractivity contribution < 1.29 is 0 Å². The highest BCUT2D eigenvalue weighted by Crippen LogP contribution is 2.11. The van der Waals surface area contributed by atoms with Crippen LogP contribution in [0.1, 0.15) is 45.4 Å². The van der Waals surface area contributed by atoms with Gasteiger partial charge in [-0.15, -0.1) is 0 Å². The summed E-state index contributed by atoms with van der Waals surface area (Å²) < 4.78 is 0. The van der Waals surface area contributed by atoms with Crippen LogP contribution in [0.3, 0.4) is 0 Å². The summed E-state index contributed by atoms with van der Waals surface area (Å²) in [6.07, 6.45) is 3.12. The zero-order valence-corrected chi connectivity index (χ0v) is 13.9. The van der Waals surface area contributed by atoms with Gasteiger partial charge in [0.2, 0.25) is 5.95 Å². The standard InChI is InChI=1S/C16H30N4/c1-12(2)7-8-20(6)16-18-11-15(14(5)19-16)10-17-9-13(3)4/h11-13,17H,7-10H2,1-6H3. The van der Waals surface area contributed by atoms with Gasteiger partial charge in [-0.25, -0.2) is 9.97 Å². The fourth-order valence-corrected chi connectivity index (χ4v) is 1.88. The molecule has 0 fully saturated rings. The van der Waals surface area contributed by atoms with Gasteiger partial charge in [-0.3, -0.25) is 0 Å². The topological polar surface area (TPSA) is 41.1 Å². The molecule has 0 atom stereocenters. The van der Waals surface area contributed by atoms with Crippen LogP contribution in [0.5, 0.6) is 0 Å². The smallest absolute Gasteiger partial charge is 0.225 e. The Morgan fingerprint density at radius 2 is 1.90 bits per heavy atom. The predicted octanol–water partition coefficient (Wildman–Crippen LogP) is 3.01. The molecule has 1 aromatic heterocycles. The first kappa shape index (κ1) is 16.9. The molecule has 0 saturated heterocycles. The van der Waals surface area contributed by atoms with E-state index < -0.39 is 0 Å². The third kappa shape index (κ3) is 5.87. The van der Waals surface area contributed by atoms with Gasteiger partial charge in [-0.05, 0) is 31.7 Å². The molecular weight excluding hydrogens is 248 g/mol. The number of rotatable bonds is 8. The molecule has 0 unspecified atom stereocenters. The SMILES string of the molecule is Cc1nc(N(C)CCC(C)C)ncc1CNCC(C)C. The van der Waals surface area contributed by atoms with Gasteiger partial charge in [0.15, 0.2) is 0 Å². The highest BCUT2D eigenvalue weighted by Gasteiger charge is 2.08. The number of anilines is 1. The summed E-state index contributed by atoms with van der Waals surface area (Å²) in [6.45, 7) is 13.8. The fourth-order valence-electron chi connectivity index (χ4n) is 1.88. The average Bonchev–Trinajstić information content (AvgIpc) is 2.37. The largest absolute Gasteiger partial charge is 0.344 e. The third-order valence-corrected chi connectivity index (χ3v) is 3.32. The minimum absolute atomic E-state index is 0.665. The second-order valence-corrected chi connectivity index (χ2v) is 6.41. The summed E-state index contributed by atoms with van der Waals surface area (Å²) in [5.41, 5.74) is 2.26. The van der Waals surface area contributed by atoms with Crippen LogP contribution in [-0.4, -0.2) is 30.1 Å². The van der Waals surface area contributed by atoms with E-state index in [1.165, 1.54) is 5.56 Å². The van der Waals surface area contributed by atoms with E-state index in [2.05, 4.69) is 61.9 Å². The van der Waals surface area contributed by atoms with Crippen LogP contribution in [-0.2, 0) is 6.54 Å². The number of nitrogens with zero attached hydrogens (tertiary/aromatic N) is 3. The summed E-state index contributed by atoms with van der Waals surface area (Å²) in [4.78, 5) is 11.3. The van der Waals surface area contributed by atoms with Gasteiger partial charge in [0.05, 0.1) is 0 Å². The lowest BCUT2D eigenvalue weighted by atomic mass is 10.1. The summed E-state index contributed by atoms with van der Waals surface area (Å²) in [7, 11) is 2.06. The van der Waals surface area contributed by atoms with E-state index in [0.29, 0.717) is 11.8 Å². The van der Waals surface area contributed by atoms with E-state index in [0.717, 1.165) is 37.7 Å². The van der Waals surface area contributed by atoms with Crippen LogP contribution in [0.2, 0.25) is 0 Å². The Bertz CT molecular complexity index is 401. The Kier molecular flexibility index (Phi) is 6.93. The minimum atomic E-state index is 0.665. The first-order valence-electron chi connectivity index (χ1n) is 7.64. The van der Waals surface area contributed by atoms with Crippen molar-refractivity contribution in [3.05, 3.63) is 17.5 Å². The van der Waals surface area contributed by atoms with Gasteiger partial charge in [-0.1, -0.05) is 27.7 Å². The van der Waals surface area contributed by atoms with Crippen molar-refractivity contribution in [2.75, 3.05) is 25.0 Å². The molecule has 114 valence electrons. The second-order valence-electron chi connectivity index (χ2n) is 6.41. The molecule has 0 aliphatic carbocycles. The Morgan fingerprint density at radius 1 is 1.20 bits per heavy atom. The maximum atomic E-state index is 4.62. The van der Waals surface area contributed by atoms with Gasteiger partial charge < -0.3 is 10.2 Å². The molecule has 1 N–H and O–H groups in total. The highest BCUT2D eigenvalue weighted by atomic mass is 15.2. The van der Waals surface area contributed by atoms with Crippen molar-refractivity contribution >= 4 is 5.95 Å². The minimum Gasteiger partial charge on any atom is -0.344 e. The summed E-state index contributed by atoms with van der Waals surface area (Å²) in [5.74, 6) is 2.20. The number of hydrogen-bond donors (Lipinski definition) is 1. The van der Waals surface area contributed by atoms with E-state index in [1.807, 2.05) is 6.20 Å². The van der Waals surface area contributed by atoms with Crippen molar-refractivity contribution in [2.45, 2.75) is 47.6 Å². The van der Waals surface area contributed by atoms with E-state index in [4.69, 9.17) is 0 Å². The van der Waals surface area contributed by atoms with E-state index in [-0.39, 0.29) is 0 Å².